The van der Waals surface area contributed by atoms with Crippen LogP contribution in [0, 0.1) is 0 Å². The zero-order valence-corrected chi connectivity index (χ0v) is 30.0. The number of hydrogen-bond donors (Lipinski definition) is 0. The molecule has 0 aliphatic carbocycles. The van der Waals surface area contributed by atoms with Gasteiger partial charge in [-0.05, 0) is 61.1 Å². The first-order valence-corrected chi connectivity index (χ1v) is 17.0. The fraction of sp³-hybridized carbons (Fsp3) is 0.600. The van der Waals surface area contributed by atoms with Gasteiger partial charge in [0, 0.05) is 0 Å². The van der Waals surface area contributed by atoms with Crippen LogP contribution in [0.25, 0.3) is 0 Å². The van der Waals surface area contributed by atoms with E-state index in [2.05, 4.69) is 13.8 Å². The molecule has 2 aromatic rings. The molecule has 0 amide bonds. The number of aryl methyl sites for hydroxylation is 2. The molecule has 0 aromatic heterocycles. The van der Waals surface area contributed by atoms with Gasteiger partial charge in [0.05, 0.1) is 9.79 Å². The Morgan fingerprint density at radius 2 is 0.718 bits per heavy atom. The van der Waals surface area contributed by atoms with Crippen molar-refractivity contribution in [3.05, 3.63) is 59.7 Å². The van der Waals surface area contributed by atoms with E-state index in [9.17, 15) is 25.9 Å². The predicted molar refractivity (Wildman–Crippen MR) is 158 cm³/mol. The van der Waals surface area contributed by atoms with Crippen LogP contribution in [0.2, 0.25) is 0 Å². The van der Waals surface area contributed by atoms with Crippen molar-refractivity contribution in [3.8, 4) is 0 Å². The van der Waals surface area contributed by atoms with Crippen molar-refractivity contribution in [2.24, 2.45) is 0 Å². The van der Waals surface area contributed by atoms with Gasteiger partial charge in [-0.15, -0.1) is 0 Å². The Bertz CT molecular complexity index is 994. The van der Waals surface area contributed by atoms with Crippen LogP contribution in [-0.4, -0.2) is 74.8 Å². The van der Waals surface area contributed by atoms with Crippen molar-refractivity contribution < 1.29 is 25.9 Å². The van der Waals surface area contributed by atoms with Crippen LogP contribution in [-0.2, 0) is 33.1 Å². The van der Waals surface area contributed by atoms with Crippen LogP contribution in [0.4, 0.5) is 0 Å². The molecule has 0 aliphatic rings. The molecule has 2 aromatic carbocycles. The van der Waals surface area contributed by atoms with Gasteiger partial charge in [0.15, 0.2) is 0 Å². The first kappa shape index (κ1) is 38.8. The molecule has 0 bridgehead atoms. The van der Waals surface area contributed by atoms with Crippen LogP contribution in [0.5, 0.6) is 0 Å². The summed E-state index contributed by atoms with van der Waals surface area (Å²) in [4.78, 5) is -0.286. The number of rotatable bonds is 18. The van der Waals surface area contributed by atoms with Gasteiger partial charge in [-0.3, -0.25) is 0 Å². The average Bonchev–Trinajstić information content (AvgIpc) is 2.87. The third kappa shape index (κ3) is 19.6. The number of benzene rings is 2. The molecule has 0 aliphatic heterocycles. The van der Waals surface area contributed by atoms with Gasteiger partial charge in [0.2, 0.25) is 0 Å². The van der Waals surface area contributed by atoms with Crippen molar-refractivity contribution in [1.82, 2.24) is 0 Å². The second-order valence-electron chi connectivity index (χ2n) is 9.94. The van der Waals surface area contributed by atoms with Crippen molar-refractivity contribution in [1.29, 1.82) is 0 Å². The van der Waals surface area contributed by atoms with Gasteiger partial charge >= 0.3 is 48.9 Å². The Kier molecular flexibility index (Phi) is 22.3. The Hall–Kier alpha value is -0.169. The maximum absolute atomic E-state index is 10.8. The Morgan fingerprint density at radius 1 is 0.462 bits per heavy atom. The summed E-state index contributed by atoms with van der Waals surface area (Å²) in [6.45, 7) is 4.43. The first-order valence-electron chi connectivity index (χ1n) is 14.2. The molecule has 0 unspecified atom stereocenters. The monoisotopic (exact) mass is 704 g/mol. The summed E-state index contributed by atoms with van der Waals surface area (Å²) in [5, 5.41) is 0. The SMILES string of the molecule is CCCCCCCCCc1ccc(S(=O)(=O)[O-])cc1.CCCCCCCCCc1ccc(S(=O)(=O)[O-])cc1.[Ba+2]. The molecule has 0 heterocycles. The van der Waals surface area contributed by atoms with Crippen LogP contribution >= 0.6 is 0 Å². The maximum atomic E-state index is 10.8. The zero-order chi connectivity index (χ0) is 28.3. The minimum atomic E-state index is -4.31. The molecule has 2 rings (SSSR count). The quantitative estimate of drug-likeness (QED) is 0.0909. The molecule has 0 atom stereocenters. The van der Waals surface area contributed by atoms with Crippen molar-refractivity contribution >= 4 is 69.1 Å². The molecule has 216 valence electrons. The molecule has 0 saturated heterocycles. The minimum absolute atomic E-state index is 0. The van der Waals surface area contributed by atoms with Gasteiger partial charge in [-0.2, -0.15) is 0 Å². The normalized spacial score (nSPS) is 11.4. The van der Waals surface area contributed by atoms with Crippen LogP contribution in [0.3, 0.4) is 0 Å². The summed E-state index contributed by atoms with van der Waals surface area (Å²) in [7, 11) is -8.62. The minimum Gasteiger partial charge on any atom is -0.744 e. The molecular weight excluding hydrogens is 658 g/mol. The summed E-state index contributed by atoms with van der Waals surface area (Å²) in [6.07, 6.45) is 19.6. The fourth-order valence-corrected chi connectivity index (χ4v) is 5.16. The molecule has 0 radical (unpaired) electrons. The second-order valence-corrected chi connectivity index (χ2v) is 12.7. The number of hydrogen-bond acceptors (Lipinski definition) is 6. The van der Waals surface area contributed by atoms with Crippen LogP contribution in [0.15, 0.2) is 58.3 Å². The van der Waals surface area contributed by atoms with Crippen molar-refractivity contribution in [2.45, 2.75) is 126 Å². The van der Waals surface area contributed by atoms with Crippen LogP contribution in [0.1, 0.15) is 115 Å². The molecule has 9 heteroatoms. The van der Waals surface area contributed by atoms with E-state index in [0.717, 1.165) is 36.8 Å². The van der Waals surface area contributed by atoms with E-state index in [1.165, 1.54) is 101 Å². The van der Waals surface area contributed by atoms with E-state index in [1.54, 1.807) is 24.3 Å². The van der Waals surface area contributed by atoms with E-state index < -0.39 is 20.2 Å². The fourth-order valence-electron chi connectivity index (χ4n) is 4.22. The molecule has 0 fully saturated rings. The van der Waals surface area contributed by atoms with Crippen LogP contribution < -0.4 is 0 Å². The molecule has 39 heavy (non-hydrogen) atoms. The topological polar surface area (TPSA) is 114 Å². The smallest absolute Gasteiger partial charge is 0.744 e. The zero-order valence-electron chi connectivity index (χ0n) is 23.9. The summed E-state index contributed by atoms with van der Waals surface area (Å²) in [5.74, 6) is 0. The summed E-state index contributed by atoms with van der Waals surface area (Å²) >= 11 is 0. The van der Waals surface area contributed by atoms with E-state index in [-0.39, 0.29) is 58.7 Å². The molecular formula is C30H46BaO6S2. The summed E-state index contributed by atoms with van der Waals surface area (Å²) < 4.78 is 64.6. The summed E-state index contributed by atoms with van der Waals surface area (Å²) in [6, 6.07) is 12.6. The Labute approximate surface area is 278 Å². The van der Waals surface area contributed by atoms with E-state index in [4.69, 9.17) is 0 Å². The van der Waals surface area contributed by atoms with Crippen molar-refractivity contribution in [3.63, 3.8) is 0 Å². The third-order valence-corrected chi connectivity index (χ3v) is 8.26. The van der Waals surface area contributed by atoms with E-state index in [0.29, 0.717) is 0 Å². The van der Waals surface area contributed by atoms with E-state index >= 15 is 0 Å². The first-order chi connectivity index (χ1) is 18.1. The second kappa shape index (κ2) is 22.4. The maximum Gasteiger partial charge on any atom is 2.00 e. The Morgan fingerprint density at radius 3 is 0.974 bits per heavy atom. The third-order valence-electron chi connectivity index (χ3n) is 6.56. The molecule has 0 spiro atoms. The standard InChI is InChI=1S/2C15H24O3S.Ba/c2*1-2-3-4-5-6-7-8-9-14-10-12-15(13-11-14)19(16,17)18;/h2*10-13H,2-9H2,1H3,(H,16,17,18);/q;;+2/p-2. The molecule has 0 saturated carbocycles. The summed E-state index contributed by atoms with van der Waals surface area (Å²) in [5.41, 5.74) is 2.20. The largest absolute Gasteiger partial charge is 2.00 e. The predicted octanol–water partition coefficient (Wildman–Crippen LogP) is 7.39. The molecule has 6 nitrogen and oxygen atoms in total. The molecule has 0 N–H and O–H groups in total. The average molecular weight is 704 g/mol. The van der Waals surface area contributed by atoms with Crippen molar-refractivity contribution in [2.75, 3.05) is 0 Å². The van der Waals surface area contributed by atoms with Gasteiger partial charge in [0.1, 0.15) is 20.2 Å². The number of unbranched alkanes of at least 4 members (excludes halogenated alkanes) is 12. The van der Waals surface area contributed by atoms with Gasteiger partial charge in [0.25, 0.3) is 0 Å². The van der Waals surface area contributed by atoms with Gasteiger partial charge in [-0.25, -0.2) is 16.8 Å². The van der Waals surface area contributed by atoms with E-state index in [1.807, 2.05) is 0 Å². The van der Waals surface area contributed by atoms with Gasteiger partial charge < -0.3 is 9.11 Å². The Balaban J connectivity index is 0.000000722. The van der Waals surface area contributed by atoms with Gasteiger partial charge in [-0.1, -0.05) is 115 Å².